The van der Waals surface area contributed by atoms with Gasteiger partial charge in [-0.05, 0) is 11.6 Å². The molecule has 0 saturated carbocycles. The van der Waals surface area contributed by atoms with Crippen LogP contribution in [0.15, 0.2) is 18.2 Å². The predicted octanol–water partition coefficient (Wildman–Crippen LogP) is 1.28. The number of anilines is 1. The molecule has 0 atom stereocenters. The van der Waals surface area contributed by atoms with Crippen LogP contribution in [0.2, 0.25) is 0 Å². The second-order valence-corrected chi connectivity index (χ2v) is 3.25. The van der Waals surface area contributed by atoms with Crippen molar-refractivity contribution >= 4 is 17.6 Å². The van der Waals surface area contributed by atoms with E-state index < -0.39 is 5.97 Å². The summed E-state index contributed by atoms with van der Waals surface area (Å²) in [5, 5.41) is 11.3. The maximum atomic E-state index is 11.0. The van der Waals surface area contributed by atoms with Crippen LogP contribution in [0, 0.1) is 0 Å². The van der Waals surface area contributed by atoms with Crippen LogP contribution in [0.5, 0.6) is 5.75 Å². The third-order valence-corrected chi connectivity index (χ3v) is 1.98. The first-order chi connectivity index (χ1) is 7.54. The molecule has 0 aromatic heterocycles. The number of carboxylic acids is 1. The second kappa shape index (κ2) is 5.16. The quantitative estimate of drug-likeness (QED) is 0.806. The topological polar surface area (TPSA) is 75.6 Å². The molecule has 0 spiro atoms. The van der Waals surface area contributed by atoms with Gasteiger partial charge < -0.3 is 15.2 Å². The van der Waals surface area contributed by atoms with E-state index in [0.717, 1.165) is 0 Å². The zero-order valence-corrected chi connectivity index (χ0v) is 9.11. The van der Waals surface area contributed by atoms with Crippen molar-refractivity contribution in [1.82, 2.24) is 0 Å². The highest BCUT2D eigenvalue weighted by Crippen LogP contribution is 2.28. The van der Waals surface area contributed by atoms with Gasteiger partial charge in [-0.25, -0.2) is 0 Å². The molecular weight excluding hydrogens is 210 g/mol. The summed E-state index contributed by atoms with van der Waals surface area (Å²) in [7, 11) is 1.46. The van der Waals surface area contributed by atoms with Crippen molar-refractivity contribution in [1.29, 1.82) is 0 Å². The summed E-state index contributed by atoms with van der Waals surface area (Å²) in [5.74, 6) is -0.773. The minimum Gasteiger partial charge on any atom is -0.495 e. The summed E-state index contributed by atoms with van der Waals surface area (Å²) in [6.45, 7) is 1.36. The van der Waals surface area contributed by atoms with E-state index in [2.05, 4.69) is 5.32 Å². The molecule has 5 heteroatoms. The number of benzene rings is 1. The van der Waals surface area contributed by atoms with Crippen LogP contribution in [0.25, 0.3) is 0 Å². The minimum atomic E-state index is -0.958. The van der Waals surface area contributed by atoms with E-state index in [0.29, 0.717) is 17.0 Å². The Morgan fingerprint density at radius 2 is 2.12 bits per heavy atom. The van der Waals surface area contributed by atoms with Gasteiger partial charge in [0.05, 0.1) is 19.2 Å². The summed E-state index contributed by atoms with van der Waals surface area (Å²) in [4.78, 5) is 21.7. The van der Waals surface area contributed by atoms with Gasteiger partial charge in [0.2, 0.25) is 5.91 Å². The number of carbonyl (C=O) groups is 2. The van der Waals surface area contributed by atoms with Gasteiger partial charge in [-0.2, -0.15) is 0 Å². The Morgan fingerprint density at radius 1 is 1.44 bits per heavy atom. The molecule has 16 heavy (non-hydrogen) atoms. The number of rotatable bonds is 4. The van der Waals surface area contributed by atoms with Crippen molar-refractivity contribution < 1.29 is 19.4 Å². The number of para-hydroxylation sites is 1. The first-order valence-electron chi connectivity index (χ1n) is 4.70. The van der Waals surface area contributed by atoms with Crippen LogP contribution in [0.1, 0.15) is 12.5 Å². The molecule has 0 saturated heterocycles. The molecule has 0 unspecified atom stereocenters. The largest absolute Gasteiger partial charge is 0.495 e. The average Bonchev–Trinajstić information content (AvgIpc) is 2.19. The molecule has 2 N–H and O–H groups in total. The minimum absolute atomic E-state index is 0.160. The fourth-order valence-electron chi connectivity index (χ4n) is 1.37. The predicted molar refractivity (Wildman–Crippen MR) is 58.6 cm³/mol. The number of amides is 1. The molecular formula is C11H13NO4. The van der Waals surface area contributed by atoms with Crippen LogP contribution in [-0.4, -0.2) is 24.1 Å². The zero-order chi connectivity index (χ0) is 12.1. The first kappa shape index (κ1) is 12.0. The standard InChI is InChI=1S/C11H13NO4/c1-7(13)12-11-8(6-10(14)15)4-3-5-9(11)16-2/h3-5H,6H2,1-2H3,(H,12,13)(H,14,15). The Balaban J connectivity index is 3.14. The maximum absolute atomic E-state index is 11.0. The van der Waals surface area contributed by atoms with Crippen molar-refractivity contribution in [3.63, 3.8) is 0 Å². The number of carbonyl (C=O) groups excluding carboxylic acids is 1. The van der Waals surface area contributed by atoms with Crippen LogP contribution in [-0.2, 0) is 16.0 Å². The van der Waals surface area contributed by atoms with Gasteiger partial charge in [-0.15, -0.1) is 0 Å². The maximum Gasteiger partial charge on any atom is 0.307 e. The van der Waals surface area contributed by atoms with E-state index in [4.69, 9.17) is 9.84 Å². The zero-order valence-electron chi connectivity index (χ0n) is 9.11. The van der Waals surface area contributed by atoms with Gasteiger partial charge in [0.15, 0.2) is 0 Å². The molecule has 0 fully saturated rings. The van der Waals surface area contributed by atoms with Gasteiger partial charge in [0.1, 0.15) is 5.75 Å². The number of carboxylic acid groups (broad SMARTS) is 1. The molecule has 0 aliphatic rings. The van der Waals surface area contributed by atoms with Gasteiger partial charge >= 0.3 is 5.97 Å². The van der Waals surface area contributed by atoms with Crippen molar-refractivity contribution in [2.45, 2.75) is 13.3 Å². The normalized spacial score (nSPS) is 9.62. The fourth-order valence-corrected chi connectivity index (χ4v) is 1.37. The van der Waals surface area contributed by atoms with Gasteiger partial charge in [0.25, 0.3) is 0 Å². The number of methoxy groups -OCH3 is 1. The van der Waals surface area contributed by atoms with Crippen molar-refractivity contribution in [2.75, 3.05) is 12.4 Å². The first-order valence-corrected chi connectivity index (χ1v) is 4.70. The van der Waals surface area contributed by atoms with E-state index in [1.165, 1.54) is 14.0 Å². The van der Waals surface area contributed by atoms with E-state index in [9.17, 15) is 9.59 Å². The van der Waals surface area contributed by atoms with Gasteiger partial charge in [-0.3, -0.25) is 9.59 Å². The fraction of sp³-hybridized carbons (Fsp3) is 0.273. The lowest BCUT2D eigenvalue weighted by Gasteiger charge is -2.12. The van der Waals surface area contributed by atoms with Crippen LogP contribution < -0.4 is 10.1 Å². The van der Waals surface area contributed by atoms with E-state index >= 15 is 0 Å². The lowest BCUT2D eigenvalue weighted by molar-refractivity contribution is -0.136. The van der Waals surface area contributed by atoms with E-state index in [1.807, 2.05) is 0 Å². The third-order valence-electron chi connectivity index (χ3n) is 1.98. The summed E-state index contributed by atoms with van der Waals surface area (Å²) in [5.41, 5.74) is 0.932. The highest BCUT2D eigenvalue weighted by Gasteiger charge is 2.12. The SMILES string of the molecule is COc1cccc(CC(=O)O)c1NC(C)=O. The Kier molecular flexibility index (Phi) is 3.88. The highest BCUT2D eigenvalue weighted by molar-refractivity contribution is 5.92. The molecule has 1 amide bonds. The van der Waals surface area contributed by atoms with E-state index in [-0.39, 0.29) is 12.3 Å². The second-order valence-electron chi connectivity index (χ2n) is 3.25. The lowest BCUT2D eigenvalue weighted by Crippen LogP contribution is -2.11. The van der Waals surface area contributed by atoms with Crippen LogP contribution in [0.4, 0.5) is 5.69 Å². The molecule has 0 aliphatic heterocycles. The number of nitrogens with one attached hydrogen (secondary N) is 1. The van der Waals surface area contributed by atoms with Crippen LogP contribution >= 0.6 is 0 Å². The molecule has 0 radical (unpaired) electrons. The Morgan fingerprint density at radius 3 is 2.62 bits per heavy atom. The molecule has 0 heterocycles. The molecule has 5 nitrogen and oxygen atoms in total. The Hall–Kier alpha value is -2.04. The summed E-state index contributed by atoms with van der Waals surface area (Å²) >= 11 is 0. The lowest BCUT2D eigenvalue weighted by atomic mass is 10.1. The van der Waals surface area contributed by atoms with Crippen molar-refractivity contribution in [3.8, 4) is 5.75 Å². The smallest absolute Gasteiger partial charge is 0.307 e. The van der Waals surface area contributed by atoms with Crippen molar-refractivity contribution in [3.05, 3.63) is 23.8 Å². The van der Waals surface area contributed by atoms with Gasteiger partial charge in [0, 0.05) is 6.92 Å². The number of hydrogen-bond acceptors (Lipinski definition) is 3. The molecule has 0 aliphatic carbocycles. The molecule has 1 rings (SSSR count). The molecule has 0 bridgehead atoms. The number of ether oxygens (including phenoxy) is 1. The summed E-state index contributed by atoms with van der Waals surface area (Å²) in [6, 6.07) is 4.99. The average molecular weight is 223 g/mol. The molecule has 1 aromatic rings. The molecule has 1 aromatic carbocycles. The molecule has 86 valence electrons. The van der Waals surface area contributed by atoms with Gasteiger partial charge in [-0.1, -0.05) is 12.1 Å². The van der Waals surface area contributed by atoms with E-state index in [1.54, 1.807) is 18.2 Å². The summed E-state index contributed by atoms with van der Waals surface area (Å²) in [6.07, 6.45) is -0.160. The number of hydrogen-bond donors (Lipinski definition) is 2. The monoisotopic (exact) mass is 223 g/mol. The Labute approximate surface area is 93.0 Å². The Bertz CT molecular complexity index is 414. The highest BCUT2D eigenvalue weighted by atomic mass is 16.5. The van der Waals surface area contributed by atoms with Crippen molar-refractivity contribution in [2.24, 2.45) is 0 Å². The van der Waals surface area contributed by atoms with Crippen LogP contribution in [0.3, 0.4) is 0 Å². The third kappa shape index (κ3) is 2.98. The summed E-state index contributed by atoms with van der Waals surface area (Å²) < 4.78 is 5.06. The number of aliphatic carboxylic acids is 1.